The molecule has 0 spiro atoms. The zero-order chi connectivity index (χ0) is 15.0. The van der Waals surface area contributed by atoms with Crippen LogP contribution in [0.2, 0.25) is 0 Å². The van der Waals surface area contributed by atoms with E-state index < -0.39 is 0 Å². The Morgan fingerprint density at radius 2 is 2.00 bits per heavy atom. The number of oxime groups is 1. The summed E-state index contributed by atoms with van der Waals surface area (Å²) in [5, 5.41) is 6.51. The highest BCUT2D eigenvalue weighted by molar-refractivity contribution is 5.83. The summed E-state index contributed by atoms with van der Waals surface area (Å²) < 4.78 is 5.65. The first-order valence-corrected chi connectivity index (χ1v) is 6.69. The van der Waals surface area contributed by atoms with Crippen LogP contribution in [-0.2, 0) is 9.63 Å². The predicted molar refractivity (Wildman–Crippen MR) is 79.0 cm³/mol. The minimum absolute atomic E-state index is 0.0855. The molecule has 0 aliphatic carbocycles. The average Bonchev–Trinajstić information content (AvgIpc) is 2.35. The summed E-state index contributed by atoms with van der Waals surface area (Å²) in [6.45, 7) is 7.60. The monoisotopic (exact) mass is 278 g/mol. The van der Waals surface area contributed by atoms with E-state index in [1.807, 2.05) is 52.0 Å². The van der Waals surface area contributed by atoms with Crippen LogP contribution in [0.3, 0.4) is 0 Å². The van der Waals surface area contributed by atoms with Gasteiger partial charge in [0.2, 0.25) is 0 Å². The largest absolute Gasteiger partial charge is 0.490 e. The number of rotatable bonds is 7. The molecule has 0 unspecified atom stereocenters. The Bertz CT molecular complexity index is 456. The van der Waals surface area contributed by atoms with E-state index in [4.69, 9.17) is 9.57 Å². The van der Waals surface area contributed by atoms with Crippen molar-refractivity contribution in [1.82, 2.24) is 5.32 Å². The summed E-state index contributed by atoms with van der Waals surface area (Å²) in [6.07, 6.45) is 1.63. The van der Waals surface area contributed by atoms with E-state index >= 15 is 0 Å². The summed E-state index contributed by atoms with van der Waals surface area (Å²) in [5.74, 6) is 0.547. The van der Waals surface area contributed by atoms with Gasteiger partial charge in [-0.05, 0) is 39.8 Å². The Labute approximate surface area is 120 Å². The van der Waals surface area contributed by atoms with Gasteiger partial charge in [0.05, 0.1) is 12.3 Å². The van der Waals surface area contributed by atoms with Crippen LogP contribution in [0.4, 0.5) is 0 Å². The highest BCUT2D eigenvalue weighted by Crippen LogP contribution is 2.17. The number of hydrogen-bond acceptors (Lipinski definition) is 4. The first kappa shape index (κ1) is 16.0. The maximum atomic E-state index is 11.3. The van der Waals surface area contributed by atoms with Crippen molar-refractivity contribution in [2.24, 2.45) is 5.16 Å². The number of carbonyl (C=O) groups is 1. The number of carbonyl (C=O) groups excluding carboxylic acids is 1. The van der Waals surface area contributed by atoms with E-state index in [2.05, 4.69) is 10.5 Å². The molecule has 0 bridgehead atoms. The molecular formula is C15H22N2O3. The molecule has 0 aromatic heterocycles. The van der Waals surface area contributed by atoms with Crippen molar-refractivity contribution in [3.8, 4) is 5.75 Å². The molecule has 110 valence electrons. The summed E-state index contributed by atoms with van der Waals surface area (Å²) >= 11 is 0. The van der Waals surface area contributed by atoms with E-state index in [0.29, 0.717) is 0 Å². The smallest absolute Gasteiger partial charge is 0.260 e. The number of amides is 1. The summed E-state index contributed by atoms with van der Waals surface area (Å²) in [4.78, 5) is 16.3. The number of ether oxygens (including phenoxy) is 1. The molecule has 0 fully saturated rings. The molecule has 5 heteroatoms. The highest BCUT2D eigenvalue weighted by Gasteiger charge is 2.04. The minimum atomic E-state index is -0.191. The molecule has 0 saturated heterocycles. The standard InChI is InChI=1S/C15H22N2O3/c1-11(2)17-15(18)10-19-16-9-13-7-5-6-8-14(13)20-12(3)4/h5-9,11-12H,10H2,1-4H3,(H,17,18)/b16-9+. The molecule has 0 atom stereocenters. The first-order valence-electron chi connectivity index (χ1n) is 6.69. The Kier molecular flexibility index (Phi) is 6.56. The van der Waals surface area contributed by atoms with E-state index in [1.165, 1.54) is 0 Å². The van der Waals surface area contributed by atoms with Crippen LogP contribution >= 0.6 is 0 Å². The molecule has 1 N–H and O–H groups in total. The molecule has 0 saturated carbocycles. The third kappa shape index (κ3) is 6.22. The molecule has 0 aliphatic heterocycles. The normalized spacial score (nSPS) is 11.1. The number of hydrogen-bond donors (Lipinski definition) is 1. The zero-order valence-corrected chi connectivity index (χ0v) is 12.4. The van der Waals surface area contributed by atoms with Gasteiger partial charge in [0.15, 0.2) is 6.61 Å². The first-order chi connectivity index (χ1) is 9.49. The fourth-order valence-corrected chi connectivity index (χ4v) is 1.50. The van der Waals surface area contributed by atoms with Crippen molar-refractivity contribution in [1.29, 1.82) is 0 Å². The average molecular weight is 278 g/mol. The Hall–Kier alpha value is -2.04. The summed E-state index contributed by atoms with van der Waals surface area (Å²) in [5.41, 5.74) is 0.811. The van der Waals surface area contributed by atoms with E-state index in [0.717, 1.165) is 11.3 Å². The van der Waals surface area contributed by atoms with Gasteiger partial charge >= 0.3 is 0 Å². The summed E-state index contributed by atoms with van der Waals surface area (Å²) in [6, 6.07) is 7.62. The third-order valence-corrected chi connectivity index (χ3v) is 2.19. The number of nitrogens with one attached hydrogen (secondary N) is 1. The van der Waals surface area contributed by atoms with Gasteiger partial charge in [-0.25, -0.2) is 0 Å². The molecule has 1 aromatic rings. The van der Waals surface area contributed by atoms with Crippen LogP contribution in [-0.4, -0.2) is 30.9 Å². The Morgan fingerprint density at radius 1 is 1.30 bits per heavy atom. The van der Waals surface area contributed by atoms with Crippen LogP contribution < -0.4 is 10.1 Å². The fourth-order valence-electron chi connectivity index (χ4n) is 1.50. The lowest BCUT2D eigenvalue weighted by Crippen LogP contribution is -2.32. The second kappa shape index (κ2) is 8.19. The predicted octanol–water partition coefficient (Wildman–Crippen LogP) is 2.35. The lowest BCUT2D eigenvalue weighted by Gasteiger charge is -2.11. The van der Waals surface area contributed by atoms with Crippen molar-refractivity contribution in [3.05, 3.63) is 29.8 Å². The zero-order valence-electron chi connectivity index (χ0n) is 12.4. The van der Waals surface area contributed by atoms with Gasteiger partial charge in [-0.3, -0.25) is 4.79 Å². The van der Waals surface area contributed by atoms with Gasteiger partial charge in [0.25, 0.3) is 5.91 Å². The molecule has 20 heavy (non-hydrogen) atoms. The molecule has 1 amide bonds. The Balaban J connectivity index is 2.51. The number of para-hydroxylation sites is 1. The van der Waals surface area contributed by atoms with Gasteiger partial charge in [0, 0.05) is 11.6 Å². The van der Waals surface area contributed by atoms with Gasteiger partial charge in [-0.15, -0.1) is 0 Å². The number of nitrogens with zero attached hydrogens (tertiary/aromatic N) is 1. The maximum absolute atomic E-state index is 11.3. The van der Waals surface area contributed by atoms with Crippen molar-refractivity contribution in [2.45, 2.75) is 39.8 Å². The Morgan fingerprint density at radius 3 is 2.65 bits per heavy atom. The molecule has 0 aliphatic rings. The molecule has 0 heterocycles. The second-order valence-electron chi connectivity index (χ2n) is 4.93. The van der Waals surface area contributed by atoms with Crippen molar-refractivity contribution in [2.75, 3.05) is 6.61 Å². The molecular weight excluding hydrogens is 256 g/mol. The van der Waals surface area contributed by atoms with Gasteiger partial charge in [-0.1, -0.05) is 17.3 Å². The summed E-state index contributed by atoms with van der Waals surface area (Å²) in [7, 11) is 0. The van der Waals surface area contributed by atoms with Crippen LogP contribution in [0, 0.1) is 0 Å². The third-order valence-electron chi connectivity index (χ3n) is 2.19. The minimum Gasteiger partial charge on any atom is -0.490 e. The van der Waals surface area contributed by atoms with E-state index in [1.54, 1.807) is 6.21 Å². The molecule has 1 rings (SSSR count). The topological polar surface area (TPSA) is 59.9 Å². The number of benzene rings is 1. The molecule has 5 nitrogen and oxygen atoms in total. The van der Waals surface area contributed by atoms with Gasteiger partial charge in [-0.2, -0.15) is 0 Å². The van der Waals surface area contributed by atoms with Crippen molar-refractivity contribution in [3.63, 3.8) is 0 Å². The van der Waals surface area contributed by atoms with Crippen LogP contribution in [0.15, 0.2) is 29.4 Å². The van der Waals surface area contributed by atoms with Gasteiger partial charge in [0.1, 0.15) is 5.75 Å². The van der Waals surface area contributed by atoms with Crippen LogP contribution in [0.1, 0.15) is 33.3 Å². The highest BCUT2D eigenvalue weighted by atomic mass is 16.6. The van der Waals surface area contributed by atoms with E-state index in [9.17, 15) is 4.79 Å². The lowest BCUT2D eigenvalue weighted by molar-refractivity contribution is -0.126. The quantitative estimate of drug-likeness (QED) is 0.615. The van der Waals surface area contributed by atoms with Crippen molar-refractivity contribution < 1.29 is 14.4 Å². The fraction of sp³-hybridized carbons (Fsp3) is 0.467. The lowest BCUT2D eigenvalue weighted by atomic mass is 10.2. The van der Waals surface area contributed by atoms with Gasteiger partial charge < -0.3 is 14.9 Å². The van der Waals surface area contributed by atoms with Crippen molar-refractivity contribution >= 4 is 12.1 Å². The van der Waals surface area contributed by atoms with Crippen LogP contribution in [0.5, 0.6) is 5.75 Å². The molecule has 0 radical (unpaired) electrons. The van der Waals surface area contributed by atoms with E-state index in [-0.39, 0.29) is 24.7 Å². The maximum Gasteiger partial charge on any atom is 0.260 e. The SMILES string of the molecule is CC(C)NC(=O)CO/N=C/c1ccccc1OC(C)C. The second-order valence-corrected chi connectivity index (χ2v) is 4.93. The molecule has 1 aromatic carbocycles. The van der Waals surface area contributed by atoms with Crippen LogP contribution in [0.25, 0.3) is 0 Å².